The molecule has 0 heterocycles. The van der Waals surface area contributed by atoms with Crippen molar-refractivity contribution in [3.8, 4) is 0 Å². The maximum Gasteiger partial charge on any atom is 0.162 e. The zero-order valence-corrected chi connectivity index (χ0v) is 10.1. The molecule has 2 heteroatoms. The lowest BCUT2D eigenvalue weighted by Gasteiger charge is -2.22. The molecule has 0 radical (unpaired) electrons. The summed E-state index contributed by atoms with van der Waals surface area (Å²) in [6, 6.07) is 8.78. The first-order valence-corrected chi connectivity index (χ1v) is 6.16. The number of ketones is 1. The number of benzene rings is 1. The standard InChI is InChI=1S/C14H19NO/c1-3-14(16)11-5-7-12(8-6-11)15(4-2)13-9-10-13/h5-8,13H,3-4,9-10H2,1-2H3. The molecule has 1 saturated carbocycles. The van der Waals surface area contributed by atoms with Crippen LogP contribution in [0.2, 0.25) is 0 Å². The van der Waals surface area contributed by atoms with Crippen LogP contribution >= 0.6 is 0 Å². The molecule has 0 saturated heterocycles. The molecule has 2 nitrogen and oxygen atoms in total. The molecule has 1 fully saturated rings. The van der Waals surface area contributed by atoms with Crippen LogP contribution in [0, 0.1) is 0 Å². The van der Waals surface area contributed by atoms with E-state index >= 15 is 0 Å². The molecule has 1 aliphatic rings. The first-order chi connectivity index (χ1) is 7.76. The summed E-state index contributed by atoms with van der Waals surface area (Å²) < 4.78 is 0. The number of carbonyl (C=O) groups excluding carboxylic acids is 1. The summed E-state index contributed by atoms with van der Waals surface area (Å²) in [6.45, 7) is 5.13. The molecular weight excluding hydrogens is 198 g/mol. The Kier molecular flexibility index (Phi) is 3.28. The largest absolute Gasteiger partial charge is 0.369 e. The van der Waals surface area contributed by atoms with E-state index in [9.17, 15) is 4.79 Å². The van der Waals surface area contributed by atoms with E-state index in [1.54, 1.807) is 0 Å². The summed E-state index contributed by atoms with van der Waals surface area (Å²) in [5, 5.41) is 0. The normalized spacial score (nSPS) is 14.9. The van der Waals surface area contributed by atoms with Crippen LogP contribution in [0.25, 0.3) is 0 Å². The summed E-state index contributed by atoms with van der Waals surface area (Å²) in [6.07, 6.45) is 3.20. The maximum atomic E-state index is 11.5. The minimum absolute atomic E-state index is 0.223. The van der Waals surface area contributed by atoms with Gasteiger partial charge in [-0.25, -0.2) is 0 Å². The van der Waals surface area contributed by atoms with Crippen LogP contribution in [0.4, 0.5) is 5.69 Å². The number of Topliss-reactive ketones (excluding diaryl/α,β-unsaturated/α-hetero) is 1. The van der Waals surface area contributed by atoms with Crippen molar-refractivity contribution in [1.82, 2.24) is 0 Å². The molecule has 2 rings (SSSR count). The van der Waals surface area contributed by atoms with Gasteiger partial charge in [-0.15, -0.1) is 0 Å². The highest BCUT2D eigenvalue weighted by molar-refractivity contribution is 5.96. The van der Waals surface area contributed by atoms with Gasteiger partial charge in [0.2, 0.25) is 0 Å². The van der Waals surface area contributed by atoms with Crippen molar-refractivity contribution in [2.24, 2.45) is 0 Å². The predicted octanol–water partition coefficient (Wildman–Crippen LogP) is 3.27. The number of anilines is 1. The SMILES string of the molecule is CCC(=O)c1ccc(N(CC)C2CC2)cc1. The minimum Gasteiger partial charge on any atom is -0.369 e. The summed E-state index contributed by atoms with van der Waals surface area (Å²) in [5.41, 5.74) is 2.08. The Bertz CT molecular complexity index is 365. The summed E-state index contributed by atoms with van der Waals surface area (Å²) >= 11 is 0. The van der Waals surface area contributed by atoms with Gasteiger partial charge in [0.25, 0.3) is 0 Å². The lowest BCUT2D eigenvalue weighted by molar-refractivity contribution is 0.0988. The van der Waals surface area contributed by atoms with Crippen LogP contribution < -0.4 is 4.90 Å². The van der Waals surface area contributed by atoms with Crippen molar-refractivity contribution in [2.45, 2.75) is 39.2 Å². The van der Waals surface area contributed by atoms with Gasteiger partial charge in [0.15, 0.2) is 5.78 Å². The highest BCUT2D eigenvalue weighted by atomic mass is 16.1. The number of hydrogen-bond acceptors (Lipinski definition) is 2. The second-order valence-electron chi connectivity index (χ2n) is 4.34. The van der Waals surface area contributed by atoms with E-state index in [1.807, 2.05) is 19.1 Å². The third-order valence-corrected chi connectivity index (χ3v) is 3.17. The van der Waals surface area contributed by atoms with Gasteiger partial charge in [0, 0.05) is 30.3 Å². The van der Waals surface area contributed by atoms with Gasteiger partial charge in [-0.2, -0.15) is 0 Å². The van der Waals surface area contributed by atoms with Crippen LogP contribution in [0.3, 0.4) is 0 Å². The summed E-state index contributed by atoms with van der Waals surface area (Å²) in [7, 11) is 0. The summed E-state index contributed by atoms with van der Waals surface area (Å²) in [5.74, 6) is 0.223. The quantitative estimate of drug-likeness (QED) is 0.705. The molecule has 0 aromatic heterocycles. The third-order valence-electron chi connectivity index (χ3n) is 3.17. The van der Waals surface area contributed by atoms with E-state index in [-0.39, 0.29) is 5.78 Å². The first-order valence-electron chi connectivity index (χ1n) is 6.16. The predicted molar refractivity (Wildman–Crippen MR) is 67.1 cm³/mol. The molecule has 0 bridgehead atoms. The van der Waals surface area contributed by atoms with E-state index in [4.69, 9.17) is 0 Å². The Hall–Kier alpha value is -1.31. The average molecular weight is 217 g/mol. The molecule has 1 aromatic carbocycles. The Morgan fingerprint density at radius 2 is 1.88 bits per heavy atom. The lowest BCUT2D eigenvalue weighted by Crippen LogP contribution is -2.24. The van der Waals surface area contributed by atoms with Crippen molar-refractivity contribution < 1.29 is 4.79 Å². The molecule has 0 unspecified atom stereocenters. The second kappa shape index (κ2) is 4.69. The number of nitrogens with zero attached hydrogens (tertiary/aromatic N) is 1. The van der Waals surface area contributed by atoms with E-state index in [0.29, 0.717) is 6.42 Å². The van der Waals surface area contributed by atoms with E-state index in [0.717, 1.165) is 18.2 Å². The fraction of sp³-hybridized carbons (Fsp3) is 0.500. The summed E-state index contributed by atoms with van der Waals surface area (Å²) in [4.78, 5) is 13.9. The van der Waals surface area contributed by atoms with Gasteiger partial charge >= 0.3 is 0 Å². The number of hydrogen-bond donors (Lipinski definition) is 0. The van der Waals surface area contributed by atoms with Crippen molar-refractivity contribution in [2.75, 3.05) is 11.4 Å². The van der Waals surface area contributed by atoms with Crippen LogP contribution in [0.15, 0.2) is 24.3 Å². The molecule has 0 amide bonds. The van der Waals surface area contributed by atoms with Crippen LogP contribution in [0.1, 0.15) is 43.5 Å². The van der Waals surface area contributed by atoms with Crippen molar-refractivity contribution in [1.29, 1.82) is 0 Å². The van der Waals surface area contributed by atoms with Crippen LogP contribution in [-0.2, 0) is 0 Å². The topological polar surface area (TPSA) is 20.3 Å². The molecule has 16 heavy (non-hydrogen) atoms. The minimum atomic E-state index is 0.223. The third kappa shape index (κ3) is 2.26. The van der Waals surface area contributed by atoms with Crippen molar-refractivity contribution >= 4 is 11.5 Å². The average Bonchev–Trinajstić information content (AvgIpc) is 3.14. The molecule has 0 aliphatic heterocycles. The number of rotatable bonds is 5. The fourth-order valence-corrected chi connectivity index (χ4v) is 2.08. The Balaban J connectivity index is 2.14. The number of carbonyl (C=O) groups is 1. The Morgan fingerprint density at radius 3 is 2.31 bits per heavy atom. The van der Waals surface area contributed by atoms with Crippen LogP contribution in [0.5, 0.6) is 0 Å². The molecule has 86 valence electrons. The van der Waals surface area contributed by atoms with Gasteiger partial charge in [-0.1, -0.05) is 6.92 Å². The van der Waals surface area contributed by atoms with E-state index < -0.39 is 0 Å². The molecule has 0 spiro atoms. The Morgan fingerprint density at radius 1 is 1.25 bits per heavy atom. The van der Waals surface area contributed by atoms with Gasteiger partial charge in [-0.3, -0.25) is 4.79 Å². The van der Waals surface area contributed by atoms with E-state index in [2.05, 4.69) is 24.0 Å². The van der Waals surface area contributed by atoms with Crippen molar-refractivity contribution in [3.05, 3.63) is 29.8 Å². The van der Waals surface area contributed by atoms with Gasteiger partial charge < -0.3 is 4.90 Å². The zero-order valence-electron chi connectivity index (χ0n) is 10.1. The molecule has 1 aromatic rings. The van der Waals surface area contributed by atoms with Gasteiger partial charge in [0.1, 0.15) is 0 Å². The second-order valence-corrected chi connectivity index (χ2v) is 4.34. The fourth-order valence-electron chi connectivity index (χ4n) is 2.08. The smallest absolute Gasteiger partial charge is 0.162 e. The van der Waals surface area contributed by atoms with E-state index in [1.165, 1.54) is 18.5 Å². The molecule has 1 aliphatic carbocycles. The van der Waals surface area contributed by atoms with Gasteiger partial charge in [-0.05, 0) is 44.0 Å². The monoisotopic (exact) mass is 217 g/mol. The highest BCUT2D eigenvalue weighted by Crippen LogP contribution is 2.31. The van der Waals surface area contributed by atoms with Crippen LogP contribution in [-0.4, -0.2) is 18.4 Å². The molecular formula is C14H19NO. The van der Waals surface area contributed by atoms with Gasteiger partial charge in [0.05, 0.1) is 0 Å². The molecule has 0 atom stereocenters. The zero-order chi connectivity index (χ0) is 11.5. The maximum absolute atomic E-state index is 11.5. The Labute approximate surface area is 97.3 Å². The first kappa shape index (κ1) is 11.2. The highest BCUT2D eigenvalue weighted by Gasteiger charge is 2.27. The van der Waals surface area contributed by atoms with Crippen molar-refractivity contribution in [3.63, 3.8) is 0 Å². The molecule has 0 N–H and O–H groups in total. The lowest BCUT2D eigenvalue weighted by atomic mass is 10.1.